The molecule has 1 nitrogen and oxygen atoms in total. The van der Waals surface area contributed by atoms with Gasteiger partial charge in [0.2, 0.25) is 0 Å². The summed E-state index contributed by atoms with van der Waals surface area (Å²) < 4.78 is 0. The highest BCUT2D eigenvalue weighted by molar-refractivity contribution is 5.84. The van der Waals surface area contributed by atoms with Gasteiger partial charge in [0.1, 0.15) is 5.78 Å². The molecule has 5 aliphatic rings. The molecule has 0 bridgehead atoms. The molecule has 5 saturated carbocycles. The lowest BCUT2D eigenvalue weighted by Crippen LogP contribution is -2.63. The molecule has 158 valence electrons. The zero-order valence-electron chi connectivity index (χ0n) is 19.4. The fourth-order valence-corrected chi connectivity index (χ4v) is 10.6. The molecule has 0 N–H and O–H groups in total. The Morgan fingerprint density at radius 1 is 0.821 bits per heavy atom. The van der Waals surface area contributed by atoms with Crippen molar-refractivity contribution in [3.05, 3.63) is 0 Å². The zero-order chi connectivity index (χ0) is 20.1. The number of hydrogen-bond acceptors (Lipinski definition) is 1. The maximum atomic E-state index is 12.7. The van der Waals surface area contributed by atoms with E-state index in [1.165, 1.54) is 57.8 Å². The van der Waals surface area contributed by atoms with Gasteiger partial charge < -0.3 is 0 Å². The highest BCUT2D eigenvalue weighted by Gasteiger charge is 2.69. The SMILES string of the molecule is CC(C)[C@@H]1CC[C@]2(C)CC[C@]3(C)[C@H](CC[C@@H]4[C@]5(C)CCC(=O)[C@H]5CC[C@@]43C)[C@@H]12. The van der Waals surface area contributed by atoms with Crippen molar-refractivity contribution in [2.75, 3.05) is 0 Å². The molecule has 0 aliphatic heterocycles. The van der Waals surface area contributed by atoms with Crippen LogP contribution in [0.15, 0.2) is 0 Å². The number of hydrogen-bond donors (Lipinski definition) is 0. The Labute approximate surface area is 173 Å². The van der Waals surface area contributed by atoms with E-state index in [4.69, 9.17) is 0 Å². The molecular formula is C27H44O. The topological polar surface area (TPSA) is 17.1 Å². The molecule has 5 fully saturated rings. The second kappa shape index (κ2) is 5.88. The van der Waals surface area contributed by atoms with Gasteiger partial charge in [-0.1, -0.05) is 41.5 Å². The van der Waals surface area contributed by atoms with Crippen molar-refractivity contribution in [3.63, 3.8) is 0 Å². The van der Waals surface area contributed by atoms with Crippen molar-refractivity contribution in [3.8, 4) is 0 Å². The molecule has 28 heavy (non-hydrogen) atoms. The van der Waals surface area contributed by atoms with E-state index in [0.29, 0.717) is 33.4 Å². The number of carbonyl (C=O) groups is 1. The first-order chi connectivity index (χ1) is 13.1. The van der Waals surface area contributed by atoms with Gasteiger partial charge in [-0.2, -0.15) is 0 Å². The Morgan fingerprint density at radius 2 is 1.57 bits per heavy atom. The van der Waals surface area contributed by atoms with Gasteiger partial charge >= 0.3 is 0 Å². The minimum Gasteiger partial charge on any atom is -0.299 e. The van der Waals surface area contributed by atoms with Gasteiger partial charge in [0.05, 0.1) is 0 Å². The van der Waals surface area contributed by atoms with Crippen LogP contribution in [0.2, 0.25) is 0 Å². The van der Waals surface area contributed by atoms with Crippen molar-refractivity contribution in [2.45, 2.75) is 106 Å². The van der Waals surface area contributed by atoms with E-state index in [1.54, 1.807) is 0 Å². The van der Waals surface area contributed by atoms with Gasteiger partial charge in [-0.3, -0.25) is 4.79 Å². The van der Waals surface area contributed by atoms with E-state index in [9.17, 15) is 4.79 Å². The number of Topliss-reactive ketones (excluding diaryl/α,β-unsaturated/α-hetero) is 1. The molecule has 0 spiro atoms. The molecule has 9 atom stereocenters. The standard InChI is InChI=1S/C27H44O/c1-17(2)18-9-12-24(3)15-16-26(5)20(23(18)24)7-8-22-25(4)13-11-21(28)19(25)10-14-27(22,26)6/h17-20,22-23H,7-16H2,1-6H3/t18-,19+,20+,22+,23+,24+,25+,26+,27-/m0/s1. The summed E-state index contributed by atoms with van der Waals surface area (Å²) in [4.78, 5) is 12.7. The summed E-state index contributed by atoms with van der Waals surface area (Å²) in [5, 5.41) is 0. The van der Waals surface area contributed by atoms with Gasteiger partial charge in [0.25, 0.3) is 0 Å². The summed E-state index contributed by atoms with van der Waals surface area (Å²) in [6.07, 6.45) is 13.2. The number of carbonyl (C=O) groups excluding carboxylic acids is 1. The van der Waals surface area contributed by atoms with Crippen molar-refractivity contribution >= 4 is 5.78 Å². The first kappa shape index (κ1) is 19.6. The third-order valence-electron chi connectivity index (χ3n) is 12.3. The average Bonchev–Trinajstić information content (AvgIpc) is 3.13. The Morgan fingerprint density at radius 3 is 2.29 bits per heavy atom. The van der Waals surface area contributed by atoms with Crippen LogP contribution in [-0.4, -0.2) is 5.78 Å². The molecule has 0 aromatic rings. The van der Waals surface area contributed by atoms with Crippen molar-refractivity contribution < 1.29 is 4.79 Å². The number of rotatable bonds is 1. The summed E-state index contributed by atoms with van der Waals surface area (Å²) in [7, 11) is 0. The molecule has 5 rings (SSSR count). The highest BCUT2D eigenvalue weighted by atomic mass is 16.1. The van der Waals surface area contributed by atoms with Gasteiger partial charge in [0.15, 0.2) is 0 Å². The zero-order valence-corrected chi connectivity index (χ0v) is 19.4. The Kier molecular flexibility index (Phi) is 4.12. The van der Waals surface area contributed by atoms with Crippen LogP contribution in [0.1, 0.15) is 106 Å². The predicted octanol–water partition coefficient (Wildman–Crippen LogP) is 7.29. The minimum absolute atomic E-state index is 0.298. The van der Waals surface area contributed by atoms with Crippen molar-refractivity contribution in [1.29, 1.82) is 0 Å². The summed E-state index contributed by atoms with van der Waals surface area (Å²) in [6.45, 7) is 15.6. The van der Waals surface area contributed by atoms with Crippen LogP contribution >= 0.6 is 0 Å². The summed E-state index contributed by atoms with van der Waals surface area (Å²) in [6, 6.07) is 0. The van der Waals surface area contributed by atoms with Crippen molar-refractivity contribution in [2.24, 2.45) is 57.2 Å². The Hall–Kier alpha value is -0.330. The fourth-order valence-electron chi connectivity index (χ4n) is 10.6. The highest BCUT2D eigenvalue weighted by Crippen LogP contribution is 2.76. The average molecular weight is 385 g/mol. The molecule has 0 amide bonds. The number of fused-ring (bicyclic) bond motifs is 7. The molecule has 0 radical (unpaired) electrons. The van der Waals surface area contributed by atoms with Crippen LogP contribution in [0.25, 0.3) is 0 Å². The third kappa shape index (κ3) is 2.18. The van der Waals surface area contributed by atoms with Crippen molar-refractivity contribution in [1.82, 2.24) is 0 Å². The van der Waals surface area contributed by atoms with Gasteiger partial charge in [-0.15, -0.1) is 0 Å². The first-order valence-corrected chi connectivity index (χ1v) is 12.6. The molecule has 0 aromatic heterocycles. The van der Waals surface area contributed by atoms with Crippen LogP contribution in [0, 0.1) is 57.2 Å². The molecule has 0 aromatic carbocycles. The first-order valence-electron chi connectivity index (χ1n) is 12.6. The van der Waals surface area contributed by atoms with Gasteiger partial charge in [-0.25, -0.2) is 0 Å². The van der Waals surface area contributed by atoms with E-state index >= 15 is 0 Å². The van der Waals surface area contributed by atoms with Crippen LogP contribution in [0.3, 0.4) is 0 Å². The number of ketones is 1. The lowest BCUT2D eigenvalue weighted by Gasteiger charge is -2.70. The van der Waals surface area contributed by atoms with Crippen LogP contribution in [0.5, 0.6) is 0 Å². The molecule has 1 heteroatoms. The van der Waals surface area contributed by atoms with E-state index in [0.717, 1.165) is 36.0 Å². The maximum Gasteiger partial charge on any atom is 0.136 e. The van der Waals surface area contributed by atoms with E-state index in [-0.39, 0.29) is 0 Å². The summed E-state index contributed by atoms with van der Waals surface area (Å²) >= 11 is 0. The second-order valence-corrected chi connectivity index (χ2v) is 13.3. The lowest BCUT2D eigenvalue weighted by molar-refractivity contribution is -0.213. The predicted molar refractivity (Wildman–Crippen MR) is 116 cm³/mol. The normalized spacial score (nSPS) is 58.2. The Balaban J connectivity index is 1.55. The minimum atomic E-state index is 0.298. The molecular weight excluding hydrogens is 340 g/mol. The van der Waals surface area contributed by atoms with E-state index in [2.05, 4.69) is 41.5 Å². The van der Waals surface area contributed by atoms with E-state index in [1.807, 2.05) is 0 Å². The second-order valence-electron chi connectivity index (χ2n) is 13.3. The Bertz CT molecular complexity index is 680. The lowest BCUT2D eigenvalue weighted by atomic mass is 9.35. The fraction of sp³-hybridized carbons (Fsp3) is 0.963. The third-order valence-corrected chi connectivity index (χ3v) is 12.3. The quantitative estimate of drug-likeness (QED) is 0.464. The summed E-state index contributed by atoms with van der Waals surface area (Å²) in [5.41, 5.74) is 1.83. The van der Waals surface area contributed by atoms with Crippen LogP contribution in [-0.2, 0) is 4.79 Å². The van der Waals surface area contributed by atoms with Gasteiger partial charge in [-0.05, 0) is 109 Å². The smallest absolute Gasteiger partial charge is 0.136 e. The monoisotopic (exact) mass is 384 g/mol. The molecule has 5 aliphatic carbocycles. The van der Waals surface area contributed by atoms with E-state index < -0.39 is 0 Å². The molecule has 0 saturated heterocycles. The summed E-state index contributed by atoms with van der Waals surface area (Å²) in [5.74, 6) is 5.39. The molecule has 0 unspecified atom stereocenters. The largest absolute Gasteiger partial charge is 0.299 e. The van der Waals surface area contributed by atoms with Crippen LogP contribution < -0.4 is 0 Å². The molecule has 0 heterocycles. The maximum absolute atomic E-state index is 12.7. The van der Waals surface area contributed by atoms with Gasteiger partial charge in [0, 0.05) is 12.3 Å². The van der Waals surface area contributed by atoms with Crippen LogP contribution in [0.4, 0.5) is 0 Å².